The van der Waals surface area contributed by atoms with Crippen molar-refractivity contribution in [2.24, 2.45) is 11.7 Å². The van der Waals surface area contributed by atoms with Gasteiger partial charge in [0.25, 0.3) is 0 Å². The molecule has 16 heavy (non-hydrogen) atoms. The number of pyridine rings is 1. The van der Waals surface area contributed by atoms with Gasteiger partial charge in [0.2, 0.25) is 0 Å². The average molecular weight is 216 g/mol. The number of nitrogens with two attached hydrogens (primary N) is 1. The molecule has 2 N–H and O–H groups in total. The van der Waals surface area contributed by atoms with Crippen molar-refractivity contribution >= 4 is 6.08 Å². The van der Waals surface area contributed by atoms with Crippen molar-refractivity contribution in [3.63, 3.8) is 0 Å². The van der Waals surface area contributed by atoms with Crippen molar-refractivity contribution in [3.05, 3.63) is 48.3 Å². The van der Waals surface area contributed by atoms with Crippen LogP contribution in [0.15, 0.2) is 37.1 Å². The Morgan fingerprint density at radius 3 is 2.88 bits per heavy atom. The smallest absolute Gasteiger partial charge is 0.0648 e. The second kappa shape index (κ2) is 5.61. The van der Waals surface area contributed by atoms with Gasteiger partial charge in [0, 0.05) is 6.20 Å². The molecule has 0 amide bonds. The first-order valence-electron chi connectivity index (χ1n) is 5.62. The second-order valence-corrected chi connectivity index (χ2v) is 4.01. The molecule has 0 aliphatic heterocycles. The van der Waals surface area contributed by atoms with Gasteiger partial charge in [-0.1, -0.05) is 44.7 Å². The number of nitrogens with zero attached hydrogens (tertiary/aromatic N) is 1. The van der Waals surface area contributed by atoms with Crippen LogP contribution in [0.1, 0.15) is 37.6 Å². The predicted molar refractivity (Wildman–Crippen MR) is 69.9 cm³/mol. The minimum Gasteiger partial charge on any atom is -0.322 e. The topological polar surface area (TPSA) is 38.9 Å². The van der Waals surface area contributed by atoms with Crippen LogP contribution >= 0.6 is 0 Å². The first-order valence-corrected chi connectivity index (χ1v) is 5.62. The van der Waals surface area contributed by atoms with Gasteiger partial charge in [-0.05, 0) is 24.0 Å². The van der Waals surface area contributed by atoms with E-state index in [1.807, 2.05) is 12.1 Å². The second-order valence-electron chi connectivity index (χ2n) is 4.01. The van der Waals surface area contributed by atoms with Crippen LogP contribution in [0.25, 0.3) is 6.08 Å². The standard InChI is InChI=1S/C14H20N2/c1-5-10(3)11(4)13(15)14-12(6-2)8-7-9-16-14/h6-9,11,13H,2-3,5,15H2,1,4H3/t11?,13-/m0/s1. The van der Waals surface area contributed by atoms with E-state index in [4.69, 9.17) is 5.73 Å². The molecule has 1 heterocycles. The van der Waals surface area contributed by atoms with Gasteiger partial charge in [0.05, 0.1) is 11.7 Å². The Labute approximate surface area is 97.9 Å². The van der Waals surface area contributed by atoms with Crippen molar-refractivity contribution in [2.75, 3.05) is 0 Å². The lowest BCUT2D eigenvalue weighted by molar-refractivity contribution is 0.516. The van der Waals surface area contributed by atoms with Gasteiger partial charge in [-0.2, -0.15) is 0 Å². The first kappa shape index (κ1) is 12.7. The Morgan fingerprint density at radius 1 is 1.62 bits per heavy atom. The van der Waals surface area contributed by atoms with Crippen LogP contribution in [0, 0.1) is 5.92 Å². The fraction of sp³-hybridized carbons (Fsp3) is 0.357. The summed E-state index contributed by atoms with van der Waals surface area (Å²) < 4.78 is 0. The van der Waals surface area contributed by atoms with Crippen LogP contribution in [-0.2, 0) is 0 Å². The van der Waals surface area contributed by atoms with E-state index in [0.717, 1.165) is 23.3 Å². The third-order valence-electron chi connectivity index (χ3n) is 3.04. The van der Waals surface area contributed by atoms with Crippen molar-refractivity contribution in [3.8, 4) is 0 Å². The highest BCUT2D eigenvalue weighted by molar-refractivity contribution is 5.50. The van der Waals surface area contributed by atoms with Gasteiger partial charge in [-0.3, -0.25) is 4.98 Å². The summed E-state index contributed by atoms with van der Waals surface area (Å²) in [6.45, 7) is 12.0. The third-order valence-corrected chi connectivity index (χ3v) is 3.04. The largest absolute Gasteiger partial charge is 0.322 e. The van der Waals surface area contributed by atoms with E-state index in [-0.39, 0.29) is 12.0 Å². The summed E-state index contributed by atoms with van der Waals surface area (Å²) in [6.07, 6.45) is 4.51. The summed E-state index contributed by atoms with van der Waals surface area (Å²) in [7, 11) is 0. The van der Waals surface area contributed by atoms with Gasteiger partial charge in [0.15, 0.2) is 0 Å². The van der Waals surface area contributed by atoms with Crippen molar-refractivity contribution < 1.29 is 0 Å². The molecular weight excluding hydrogens is 196 g/mol. The Bertz CT molecular complexity index is 382. The molecule has 0 fully saturated rings. The molecule has 0 radical (unpaired) electrons. The fourth-order valence-electron chi connectivity index (χ4n) is 1.69. The summed E-state index contributed by atoms with van der Waals surface area (Å²) in [5, 5.41) is 0. The van der Waals surface area contributed by atoms with E-state index < -0.39 is 0 Å². The van der Waals surface area contributed by atoms with Gasteiger partial charge < -0.3 is 5.73 Å². The fourth-order valence-corrected chi connectivity index (χ4v) is 1.69. The monoisotopic (exact) mass is 216 g/mol. The molecule has 1 aromatic rings. The number of rotatable bonds is 5. The van der Waals surface area contributed by atoms with E-state index in [1.165, 1.54) is 0 Å². The maximum Gasteiger partial charge on any atom is 0.0648 e. The lowest BCUT2D eigenvalue weighted by Gasteiger charge is -2.22. The number of hydrogen-bond donors (Lipinski definition) is 1. The molecule has 2 atom stereocenters. The van der Waals surface area contributed by atoms with E-state index in [9.17, 15) is 0 Å². The molecule has 0 bridgehead atoms. The summed E-state index contributed by atoms with van der Waals surface area (Å²) in [5.74, 6) is 0.235. The van der Waals surface area contributed by atoms with Crippen LogP contribution in [0.3, 0.4) is 0 Å². The van der Waals surface area contributed by atoms with Crippen LogP contribution in [-0.4, -0.2) is 4.98 Å². The van der Waals surface area contributed by atoms with Crippen molar-refractivity contribution in [1.82, 2.24) is 4.98 Å². The Kier molecular flexibility index (Phi) is 4.44. The highest BCUT2D eigenvalue weighted by atomic mass is 14.8. The first-order chi connectivity index (χ1) is 7.61. The molecule has 0 saturated heterocycles. The predicted octanol–water partition coefficient (Wildman–Crippen LogP) is 3.33. The highest BCUT2D eigenvalue weighted by Crippen LogP contribution is 2.27. The quantitative estimate of drug-likeness (QED) is 0.767. The number of aromatic nitrogens is 1. The summed E-state index contributed by atoms with van der Waals surface area (Å²) in [5.41, 5.74) is 9.29. The van der Waals surface area contributed by atoms with Crippen LogP contribution < -0.4 is 5.73 Å². The lowest BCUT2D eigenvalue weighted by Crippen LogP contribution is -2.22. The minimum atomic E-state index is -0.110. The maximum absolute atomic E-state index is 6.22. The summed E-state index contributed by atoms with van der Waals surface area (Å²) in [4.78, 5) is 4.35. The molecule has 0 aliphatic rings. The van der Waals surface area contributed by atoms with E-state index in [0.29, 0.717) is 0 Å². The zero-order valence-corrected chi connectivity index (χ0v) is 10.1. The SMILES string of the molecule is C=Cc1cccnc1[C@@H](N)C(C)C(=C)CC. The molecule has 2 heteroatoms. The molecule has 1 unspecified atom stereocenters. The van der Waals surface area contributed by atoms with Crippen LogP contribution in [0.5, 0.6) is 0 Å². The molecule has 0 spiro atoms. The Balaban J connectivity index is 2.99. The molecular formula is C14H20N2. The van der Waals surface area contributed by atoms with E-state index in [2.05, 4.69) is 32.0 Å². The normalized spacial score (nSPS) is 14.2. The zero-order chi connectivity index (χ0) is 12.1. The maximum atomic E-state index is 6.22. The van der Waals surface area contributed by atoms with Gasteiger partial charge in [-0.15, -0.1) is 0 Å². The molecule has 1 aromatic heterocycles. The highest BCUT2D eigenvalue weighted by Gasteiger charge is 2.19. The molecule has 0 aromatic carbocycles. The third kappa shape index (κ3) is 2.58. The zero-order valence-electron chi connectivity index (χ0n) is 10.1. The Morgan fingerprint density at radius 2 is 2.31 bits per heavy atom. The molecule has 0 saturated carbocycles. The summed E-state index contributed by atoms with van der Waals surface area (Å²) in [6, 6.07) is 3.77. The molecule has 0 aliphatic carbocycles. The van der Waals surface area contributed by atoms with E-state index >= 15 is 0 Å². The molecule has 86 valence electrons. The Hall–Kier alpha value is -1.41. The molecule has 2 nitrogen and oxygen atoms in total. The van der Waals surface area contributed by atoms with Crippen LogP contribution in [0.2, 0.25) is 0 Å². The molecule has 1 rings (SSSR count). The average Bonchev–Trinajstić information content (AvgIpc) is 2.35. The van der Waals surface area contributed by atoms with Gasteiger partial charge in [-0.25, -0.2) is 0 Å². The lowest BCUT2D eigenvalue weighted by atomic mass is 9.89. The van der Waals surface area contributed by atoms with Gasteiger partial charge >= 0.3 is 0 Å². The van der Waals surface area contributed by atoms with E-state index in [1.54, 1.807) is 12.3 Å². The van der Waals surface area contributed by atoms with Crippen molar-refractivity contribution in [1.29, 1.82) is 0 Å². The van der Waals surface area contributed by atoms with Gasteiger partial charge in [0.1, 0.15) is 0 Å². The minimum absolute atomic E-state index is 0.110. The van der Waals surface area contributed by atoms with Crippen LogP contribution in [0.4, 0.5) is 0 Å². The summed E-state index contributed by atoms with van der Waals surface area (Å²) >= 11 is 0. The van der Waals surface area contributed by atoms with Crippen molar-refractivity contribution in [2.45, 2.75) is 26.3 Å². The number of hydrogen-bond acceptors (Lipinski definition) is 2.